The van der Waals surface area contributed by atoms with Gasteiger partial charge in [-0.3, -0.25) is 40.1 Å². The molecule has 33 heavy (non-hydrogen) atoms. The minimum Gasteiger partial charge on any atom is -0.455 e. The van der Waals surface area contributed by atoms with Crippen molar-refractivity contribution in [1.82, 2.24) is 10.9 Å². The number of rotatable bonds is 9. The van der Waals surface area contributed by atoms with Gasteiger partial charge in [-0.2, -0.15) is 0 Å². The molecule has 0 fully saturated rings. The number of carbonyl (C=O) groups is 4. The third-order valence-electron chi connectivity index (χ3n) is 4.13. The molecular formula is C21H22N4O7S. The summed E-state index contributed by atoms with van der Waals surface area (Å²) in [6.45, 7) is 2.84. The summed E-state index contributed by atoms with van der Waals surface area (Å²) in [6.07, 6.45) is 0. The molecule has 2 rings (SSSR count). The summed E-state index contributed by atoms with van der Waals surface area (Å²) in [7, 11) is 0. The fraction of sp³-hybridized carbons (Fsp3) is 0.238. The van der Waals surface area contributed by atoms with E-state index in [1.54, 1.807) is 19.1 Å². The first kappa shape index (κ1) is 25.3. The number of carbonyl (C=O) groups excluding carboxylic acids is 4. The Morgan fingerprint density at radius 1 is 1.00 bits per heavy atom. The number of esters is 1. The molecular weight excluding hydrogens is 452 g/mol. The number of nitro benzene ring substituents is 1. The summed E-state index contributed by atoms with van der Waals surface area (Å²) in [6, 6.07) is 12.0. The number of anilines is 1. The van der Waals surface area contributed by atoms with Gasteiger partial charge in [0.2, 0.25) is 5.91 Å². The zero-order chi connectivity index (χ0) is 24.4. The molecule has 2 aromatic carbocycles. The number of ether oxygens (including phenoxy) is 1. The normalized spacial score (nSPS) is 11.1. The van der Waals surface area contributed by atoms with Crippen LogP contribution in [0, 0.1) is 17.0 Å². The van der Waals surface area contributed by atoms with Gasteiger partial charge >= 0.3 is 5.97 Å². The first-order valence-corrected chi connectivity index (χ1v) is 10.7. The maximum absolute atomic E-state index is 12.0. The Kier molecular flexibility index (Phi) is 9.36. The van der Waals surface area contributed by atoms with Crippen molar-refractivity contribution in [3.63, 3.8) is 0 Å². The van der Waals surface area contributed by atoms with Gasteiger partial charge in [0, 0.05) is 23.4 Å². The van der Waals surface area contributed by atoms with Crippen LogP contribution in [0.4, 0.5) is 11.4 Å². The number of thioether (sulfide) groups is 1. The average Bonchev–Trinajstić information content (AvgIpc) is 2.80. The number of aryl methyl sites for hydroxylation is 1. The lowest BCUT2D eigenvalue weighted by atomic mass is 10.2. The fourth-order valence-electron chi connectivity index (χ4n) is 2.33. The highest BCUT2D eigenvalue weighted by Crippen LogP contribution is 2.14. The molecule has 2 aromatic rings. The van der Waals surface area contributed by atoms with Crippen LogP contribution in [0.5, 0.6) is 0 Å². The predicted octanol–water partition coefficient (Wildman–Crippen LogP) is 1.97. The fourth-order valence-corrected chi connectivity index (χ4v) is 3.00. The van der Waals surface area contributed by atoms with Crippen LogP contribution < -0.4 is 16.2 Å². The van der Waals surface area contributed by atoms with Crippen LogP contribution in [0.25, 0.3) is 0 Å². The van der Waals surface area contributed by atoms with Crippen molar-refractivity contribution in [2.75, 3.05) is 17.7 Å². The Morgan fingerprint density at radius 2 is 1.64 bits per heavy atom. The van der Waals surface area contributed by atoms with Crippen LogP contribution in [0.15, 0.2) is 48.5 Å². The van der Waals surface area contributed by atoms with Crippen LogP contribution in [-0.4, -0.2) is 46.2 Å². The number of hydrogen-bond donors (Lipinski definition) is 3. The van der Waals surface area contributed by atoms with Crippen LogP contribution in [-0.2, 0) is 19.1 Å². The highest BCUT2D eigenvalue weighted by atomic mass is 32.2. The van der Waals surface area contributed by atoms with Crippen molar-refractivity contribution in [1.29, 1.82) is 0 Å². The lowest BCUT2D eigenvalue weighted by molar-refractivity contribution is -0.384. The molecule has 1 atom stereocenters. The van der Waals surface area contributed by atoms with E-state index in [-0.39, 0.29) is 22.9 Å². The maximum Gasteiger partial charge on any atom is 0.319 e. The summed E-state index contributed by atoms with van der Waals surface area (Å²) in [5.41, 5.74) is 5.80. The van der Waals surface area contributed by atoms with Gasteiger partial charge in [-0.25, -0.2) is 0 Å². The molecule has 3 N–H and O–H groups in total. The summed E-state index contributed by atoms with van der Waals surface area (Å²) < 4.78 is 4.88. The Labute approximate surface area is 193 Å². The minimum absolute atomic E-state index is 0.0155. The maximum atomic E-state index is 12.0. The van der Waals surface area contributed by atoms with Gasteiger partial charge in [-0.15, -0.1) is 11.8 Å². The topological polar surface area (TPSA) is 157 Å². The number of nitro groups is 1. The van der Waals surface area contributed by atoms with E-state index in [1.807, 2.05) is 19.1 Å². The molecule has 0 aliphatic carbocycles. The second-order valence-electron chi connectivity index (χ2n) is 6.78. The molecule has 0 bridgehead atoms. The molecule has 174 valence electrons. The van der Waals surface area contributed by atoms with E-state index in [4.69, 9.17) is 4.74 Å². The zero-order valence-electron chi connectivity index (χ0n) is 17.8. The van der Waals surface area contributed by atoms with E-state index in [2.05, 4.69) is 16.2 Å². The monoisotopic (exact) mass is 474 g/mol. The standard InChI is InChI=1S/C21H22N4O7S/c1-13-3-7-16(8-4-13)22-19(27)12-33-14(2)21(29)32-11-18(26)23-24-20(28)15-5-9-17(10-6-15)25(30)31/h3-10,14H,11-12H2,1-2H3,(H,22,27)(H,23,26)(H,24,28). The molecule has 1 unspecified atom stereocenters. The number of hydrazine groups is 1. The van der Waals surface area contributed by atoms with Crippen molar-refractivity contribution in [3.05, 3.63) is 69.8 Å². The van der Waals surface area contributed by atoms with Crippen molar-refractivity contribution in [2.24, 2.45) is 0 Å². The predicted molar refractivity (Wildman–Crippen MR) is 121 cm³/mol. The van der Waals surface area contributed by atoms with Gasteiger partial charge in [0.1, 0.15) is 5.25 Å². The van der Waals surface area contributed by atoms with E-state index in [0.717, 1.165) is 29.5 Å². The number of nitrogens with zero attached hydrogens (tertiary/aromatic N) is 1. The van der Waals surface area contributed by atoms with E-state index in [9.17, 15) is 29.3 Å². The summed E-state index contributed by atoms with van der Waals surface area (Å²) in [4.78, 5) is 57.7. The number of amides is 3. The Morgan fingerprint density at radius 3 is 2.24 bits per heavy atom. The SMILES string of the molecule is Cc1ccc(NC(=O)CSC(C)C(=O)OCC(=O)NNC(=O)c2ccc([N+](=O)[O-])cc2)cc1. The largest absolute Gasteiger partial charge is 0.455 e. The molecule has 0 saturated heterocycles. The number of hydrogen-bond acceptors (Lipinski definition) is 8. The van der Waals surface area contributed by atoms with Gasteiger partial charge in [-0.05, 0) is 38.1 Å². The van der Waals surface area contributed by atoms with E-state index in [0.29, 0.717) is 5.69 Å². The Balaban J connectivity index is 1.67. The molecule has 12 heteroatoms. The lowest BCUT2D eigenvalue weighted by Crippen LogP contribution is -2.43. The molecule has 0 aliphatic heterocycles. The highest BCUT2D eigenvalue weighted by Gasteiger charge is 2.18. The van der Waals surface area contributed by atoms with Gasteiger partial charge in [0.25, 0.3) is 17.5 Å². The molecule has 0 aliphatic rings. The third kappa shape index (κ3) is 8.61. The summed E-state index contributed by atoms with van der Waals surface area (Å²) in [5.74, 6) is -2.45. The Bertz CT molecular complexity index is 1030. The molecule has 3 amide bonds. The first-order valence-electron chi connectivity index (χ1n) is 9.64. The Hall–Kier alpha value is -3.93. The smallest absolute Gasteiger partial charge is 0.319 e. The van der Waals surface area contributed by atoms with Crippen molar-refractivity contribution < 1.29 is 28.8 Å². The summed E-state index contributed by atoms with van der Waals surface area (Å²) >= 11 is 1.05. The van der Waals surface area contributed by atoms with Crippen molar-refractivity contribution in [3.8, 4) is 0 Å². The van der Waals surface area contributed by atoms with Crippen LogP contribution in [0.1, 0.15) is 22.8 Å². The van der Waals surface area contributed by atoms with E-state index >= 15 is 0 Å². The second-order valence-corrected chi connectivity index (χ2v) is 8.11. The molecule has 0 heterocycles. The molecule has 0 radical (unpaired) electrons. The summed E-state index contributed by atoms with van der Waals surface area (Å²) in [5, 5.41) is 12.6. The first-order chi connectivity index (χ1) is 15.7. The van der Waals surface area contributed by atoms with E-state index < -0.39 is 34.6 Å². The lowest BCUT2D eigenvalue weighted by Gasteiger charge is -2.12. The van der Waals surface area contributed by atoms with Gasteiger partial charge in [0.05, 0.1) is 10.7 Å². The molecule has 11 nitrogen and oxygen atoms in total. The molecule has 0 saturated carbocycles. The zero-order valence-corrected chi connectivity index (χ0v) is 18.6. The third-order valence-corrected chi connectivity index (χ3v) is 5.25. The minimum atomic E-state index is -0.784. The van der Waals surface area contributed by atoms with Gasteiger partial charge in [-0.1, -0.05) is 17.7 Å². The second kappa shape index (κ2) is 12.2. The highest BCUT2D eigenvalue weighted by molar-refractivity contribution is 8.01. The number of nitrogens with one attached hydrogen (secondary N) is 3. The van der Waals surface area contributed by atoms with Crippen LogP contribution in [0.2, 0.25) is 0 Å². The number of benzene rings is 2. The van der Waals surface area contributed by atoms with Crippen molar-refractivity contribution in [2.45, 2.75) is 19.1 Å². The number of non-ortho nitro benzene ring substituents is 1. The van der Waals surface area contributed by atoms with Gasteiger partial charge < -0.3 is 10.1 Å². The average molecular weight is 474 g/mol. The molecule has 0 aromatic heterocycles. The van der Waals surface area contributed by atoms with Crippen LogP contribution >= 0.6 is 11.8 Å². The molecule has 0 spiro atoms. The van der Waals surface area contributed by atoms with Gasteiger partial charge in [0.15, 0.2) is 6.61 Å². The quantitative estimate of drug-likeness (QED) is 0.283. The van der Waals surface area contributed by atoms with Crippen LogP contribution in [0.3, 0.4) is 0 Å². The van der Waals surface area contributed by atoms with E-state index in [1.165, 1.54) is 12.1 Å². The van der Waals surface area contributed by atoms with Crippen molar-refractivity contribution >= 4 is 46.8 Å².